The zero-order valence-electron chi connectivity index (χ0n) is 15.7. The first-order valence-corrected chi connectivity index (χ1v) is 8.80. The van der Waals surface area contributed by atoms with Crippen molar-refractivity contribution in [1.82, 2.24) is 4.90 Å². The van der Waals surface area contributed by atoms with Crippen LogP contribution in [0.5, 0.6) is 17.2 Å². The van der Waals surface area contributed by atoms with Crippen LogP contribution in [0.3, 0.4) is 0 Å². The van der Waals surface area contributed by atoms with E-state index in [-0.39, 0.29) is 19.3 Å². The van der Waals surface area contributed by atoms with Gasteiger partial charge in [0.15, 0.2) is 18.1 Å². The summed E-state index contributed by atoms with van der Waals surface area (Å²) in [5, 5.41) is 0. The molecule has 0 fully saturated rings. The molecule has 3 rings (SSSR count). The molecule has 0 aromatic heterocycles. The molecule has 1 aliphatic rings. The molecule has 0 saturated heterocycles. The van der Waals surface area contributed by atoms with Crippen LogP contribution in [0.1, 0.15) is 36.5 Å². The summed E-state index contributed by atoms with van der Waals surface area (Å²) in [7, 11) is 1.77. The van der Waals surface area contributed by atoms with Gasteiger partial charge in [-0.1, -0.05) is 32.0 Å². The summed E-state index contributed by atoms with van der Waals surface area (Å²) in [6.45, 7) is 7.00. The number of rotatable bonds is 6. The fraction of sp³-hybridized carbons (Fsp3) is 0.381. The van der Waals surface area contributed by atoms with E-state index >= 15 is 0 Å². The predicted octanol–water partition coefficient (Wildman–Crippen LogP) is 3.88. The highest BCUT2D eigenvalue weighted by Gasteiger charge is 2.16. The van der Waals surface area contributed by atoms with Gasteiger partial charge in [-0.05, 0) is 47.7 Å². The Morgan fingerprint density at radius 1 is 1.15 bits per heavy atom. The van der Waals surface area contributed by atoms with Crippen molar-refractivity contribution in [3.63, 3.8) is 0 Å². The number of hydrogen-bond acceptors (Lipinski definition) is 4. The van der Waals surface area contributed by atoms with Gasteiger partial charge in [0.2, 0.25) is 6.79 Å². The van der Waals surface area contributed by atoms with Crippen molar-refractivity contribution in [3.8, 4) is 17.2 Å². The standard InChI is InChI=1S/C21H25NO4/c1-14(2)17-7-5-15(3)9-19(17)24-12-21(23)22(4)11-16-6-8-18-20(10-16)26-13-25-18/h5-10,14H,11-13H2,1-4H3. The highest BCUT2D eigenvalue weighted by molar-refractivity contribution is 5.77. The van der Waals surface area contributed by atoms with Crippen molar-refractivity contribution in [2.24, 2.45) is 0 Å². The summed E-state index contributed by atoms with van der Waals surface area (Å²) >= 11 is 0. The van der Waals surface area contributed by atoms with Crippen LogP contribution in [-0.2, 0) is 11.3 Å². The van der Waals surface area contributed by atoms with Crippen molar-refractivity contribution >= 4 is 5.91 Å². The van der Waals surface area contributed by atoms with Crippen LogP contribution in [0.15, 0.2) is 36.4 Å². The van der Waals surface area contributed by atoms with E-state index in [9.17, 15) is 4.79 Å². The molecule has 5 nitrogen and oxygen atoms in total. The van der Waals surface area contributed by atoms with E-state index in [1.54, 1.807) is 11.9 Å². The molecule has 1 amide bonds. The Morgan fingerprint density at radius 3 is 2.69 bits per heavy atom. The largest absolute Gasteiger partial charge is 0.483 e. The molecule has 0 radical (unpaired) electrons. The van der Waals surface area contributed by atoms with Crippen LogP contribution in [-0.4, -0.2) is 31.3 Å². The minimum Gasteiger partial charge on any atom is -0.483 e. The summed E-state index contributed by atoms with van der Waals surface area (Å²) in [5.74, 6) is 2.52. The molecule has 26 heavy (non-hydrogen) atoms. The van der Waals surface area contributed by atoms with Crippen LogP contribution in [0.25, 0.3) is 0 Å². The average molecular weight is 355 g/mol. The van der Waals surface area contributed by atoms with Crippen molar-refractivity contribution in [2.45, 2.75) is 33.2 Å². The van der Waals surface area contributed by atoms with Crippen LogP contribution in [0.2, 0.25) is 0 Å². The van der Waals surface area contributed by atoms with E-state index in [0.717, 1.165) is 33.9 Å². The topological polar surface area (TPSA) is 48.0 Å². The van der Waals surface area contributed by atoms with Crippen LogP contribution in [0, 0.1) is 6.92 Å². The maximum Gasteiger partial charge on any atom is 0.260 e. The van der Waals surface area contributed by atoms with E-state index < -0.39 is 0 Å². The lowest BCUT2D eigenvalue weighted by atomic mass is 10.0. The van der Waals surface area contributed by atoms with Gasteiger partial charge in [-0.2, -0.15) is 0 Å². The number of benzene rings is 2. The summed E-state index contributed by atoms with van der Waals surface area (Å²) in [6.07, 6.45) is 0. The van der Waals surface area contributed by atoms with Gasteiger partial charge in [0, 0.05) is 13.6 Å². The van der Waals surface area contributed by atoms with Crippen LogP contribution < -0.4 is 14.2 Å². The number of carbonyl (C=O) groups is 1. The van der Waals surface area contributed by atoms with E-state index in [1.807, 2.05) is 31.2 Å². The summed E-state index contributed by atoms with van der Waals surface area (Å²) in [4.78, 5) is 14.1. The molecule has 0 spiro atoms. The maximum absolute atomic E-state index is 12.5. The zero-order chi connectivity index (χ0) is 18.7. The number of nitrogens with zero attached hydrogens (tertiary/aromatic N) is 1. The Kier molecular flexibility index (Phi) is 5.35. The molecular formula is C21H25NO4. The minimum absolute atomic E-state index is 0.0181. The average Bonchev–Trinajstić information content (AvgIpc) is 3.07. The minimum atomic E-state index is -0.0705. The number of aryl methyl sites for hydroxylation is 1. The third-order valence-electron chi connectivity index (χ3n) is 4.42. The van der Waals surface area contributed by atoms with Crippen molar-refractivity contribution in [2.75, 3.05) is 20.4 Å². The molecule has 0 aliphatic carbocycles. The third kappa shape index (κ3) is 4.10. The Labute approximate surface area is 154 Å². The Balaban J connectivity index is 1.60. The Hall–Kier alpha value is -2.69. The predicted molar refractivity (Wildman–Crippen MR) is 99.8 cm³/mol. The van der Waals surface area contributed by atoms with Crippen molar-refractivity contribution in [1.29, 1.82) is 0 Å². The second-order valence-corrected chi connectivity index (χ2v) is 6.92. The number of hydrogen-bond donors (Lipinski definition) is 0. The number of carbonyl (C=O) groups excluding carboxylic acids is 1. The molecule has 2 aromatic rings. The third-order valence-corrected chi connectivity index (χ3v) is 4.42. The second kappa shape index (κ2) is 7.68. The molecular weight excluding hydrogens is 330 g/mol. The normalized spacial score (nSPS) is 12.3. The van der Waals surface area contributed by atoms with Gasteiger partial charge in [-0.15, -0.1) is 0 Å². The first kappa shape index (κ1) is 18.1. The highest BCUT2D eigenvalue weighted by atomic mass is 16.7. The Bertz CT molecular complexity index is 801. The fourth-order valence-electron chi connectivity index (χ4n) is 2.89. The van der Waals surface area contributed by atoms with E-state index in [1.165, 1.54) is 0 Å². The molecule has 1 heterocycles. The molecule has 0 bridgehead atoms. The molecule has 1 aliphatic heterocycles. The lowest BCUT2D eigenvalue weighted by Crippen LogP contribution is -2.31. The van der Waals surface area contributed by atoms with E-state index in [4.69, 9.17) is 14.2 Å². The quantitative estimate of drug-likeness (QED) is 0.789. The first-order chi connectivity index (χ1) is 12.4. The molecule has 138 valence electrons. The summed E-state index contributed by atoms with van der Waals surface area (Å²) in [5.41, 5.74) is 3.22. The maximum atomic E-state index is 12.5. The molecule has 0 atom stereocenters. The van der Waals surface area contributed by atoms with Crippen molar-refractivity contribution < 1.29 is 19.0 Å². The number of fused-ring (bicyclic) bond motifs is 1. The van der Waals surface area contributed by atoms with Gasteiger partial charge >= 0.3 is 0 Å². The Morgan fingerprint density at radius 2 is 1.92 bits per heavy atom. The van der Waals surface area contributed by atoms with E-state index in [2.05, 4.69) is 26.0 Å². The lowest BCUT2D eigenvalue weighted by molar-refractivity contribution is -0.132. The zero-order valence-corrected chi connectivity index (χ0v) is 15.7. The summed E-state index contributed by atoms with van der Waals surface area (Å²) in [6, 6.07) is 11.8. The highest BCUT2D eigenvalue weighted by Crippen LogP contribution is 2.32. The van der Waals surface area contributed by atoms with E-state index in [0.29, 0.717) is 12.5 Å². The second-order valence-electron chi connectivity index (χ2n) is 6.92. The number of amides is 1. The SMILES string of the molecule is Cc1ccc(C(C)C)c(OCC(=O)N(C)Cc2ccc3c(c2)OCO3)c1. The number of likely N-dealkylation sites (N-methyl/N-ethyl adjacent to an activating group) is 1. The van der Waals surface area contributed by atoms with Gasteiger partial charge in [0.25, 0.3) is 5.91 Å². The van der Waals surface area contributed by atoms with Gasteiger partial charge < -0.3 is 19.1 Å². The van der Waals surface area contributed by atoms with Crippen LogP contribution in [0.4, 0.5) is 0 Å². The van der Waals surface area contributed by atoms with Gasteiger partial charge in [-0.3, -0.25) is 4.79 Å². The monoisotopic (exact) mass is 355 g/mol. The smallest absolute Gasteiger partial charge is 0.260 e. The van der Waals surface area contributed by atoms with Crippen molar-refractivity contribution in [3.05, 3.63) is 53.1 Å². The lowest BCUT2D eigenvalue weighted by Gasteiger charge is -2.19. The number of ether oxygens (including phenoxy) is 3. The molecule has 0 saturated carbocycles. The molecule has 5 heteroatoms. The fourth-order valence-corrected chi connectivity index (χ4v) is 2.89. The first-order valence-electron chi connectivity index (χ1n) is 8.80. The molecule has 0 unspecified atom stereocenters. The molecule has 0 N–H and O–H groups in total. The molecule has 2 aromatic carbocycles. The van der Waals surface area contributed by atoms with Gasteiger partial charge in [0.1, 0.15) is 5.75 Å². The van der Waals surface area contributed by atoms with Gasteiger partial charge in [-0.25, -0.2) is 0 Å². The van der Waals surface area contributed by atoms with Gasteiger partial charge in [0.05, 0.1) is 0 Å². The van der Waals surface area contributed by atoms with Crippen LogP contribution >= 0.6 is 0 Å². The summed E-state index contributed by atoms with van der Waals surface area (Å²) < 4.78 is 16.5.